The highest BCUT2D eigenvalue weighted by Gasteiger charge is 2.24. The first kappa shape index (κ1) is 13.6. The standard InChI is InChI=1S/C16H26N2/c1-13(14-7-3-2-4-8-14)11-15(12-17)16-9-5-6-10-18-16/h2-4,7-8,13,15-16,18H,5-6,9-12,17H2,1H3/t13-,15-,16-/m1/s1. The lowest BCUT2D eigenvalue weighted by molar-refractivity contribution is 0.276. The number of hydrogen-bond donors (Lipinski definition) is 2. The van der Waals surface area contributed by atoms with Crippen LogP contribution in [0.4, 0.5) is 0 Å². The van der Waals surface area contributed by atoms with Gasteiger partial charge in [0, 0.05) is 6.04 Å². The maximum atomic E-state index is 5.99. The zero-order valence-electron chi connectivity index (χ0n) is 11.4. The second-order valence-electron chi connectivity index (χ2n) is 5.60. The van der Waals surface area contributed by atoms with Gasteiger partial charge < -0.3 is 11.1 Å². The van der Waals surface area contributed by atoms with Crippen molar-refractivity contribution >= 4 is 0 Å². The van der Waals surface area contributed by atoms with E-state index in [0.29, 0.717) is 17.9 Å². The van der Waals surface area contributed by atoms with Crippen molar-refractivity contribution < 1.29 is 0 Å². The fourth-order valence-corrected chi connectivity index (χ4v) is 3.08. The van der Waals surface area contributed by atoms with Crippen LogP contribution < -0.4 is 11.1 Å². The van der Waals surface area contributed by atoms with E-state index in [1.165, 1.54) is 37.8 Å². The molecule has 2 heteroatoms. The number of hydrogen-bond acceptors (Lipinski definition) is 2. The van der Waals surface area contributed by atoms with Crippen molar-refractivity contribution in [3.05, 3.63) is 35.9 Å². The summed E-state index contributed by atoms with van der Waals surface area (Å²) in [6.07, 6.45) is 5.16. The Morgan fingerprint density at radius 2 is 2.06 bits per heavy atom. The third kappa shape index (κ3) is 3.56. The zero-order valence-corrected chi connectivity index (χ0v) is 11.4. The smallest absolute Gasteiger partial charge is 0.0108 e. The van der Waals surface area contributed by atoms with E-state index in [0.717, 1.165) is 6.54 Å². The van der Waals surface area contributed by atoms with Gasteiger partial charge in [0.25, 0.3) is 0 Å². The second kappa shape index (κ2) is 6.91. The van der Waals surface area contributed by atoms with Gasteiger partial charge in [-0.1, -0.05) is 43.7 Å². The molecule has 18 heavy (non-hydrogen) atoms. The van der Waals surface area contributed by atoms with E-state index < -0.39 is 0 Å². The highest BCUT2D eigenvalue weighted by molar-refractivity contribution is 5.18. The fraction of sp³-hybridized carbons (Fsp3) is 0.625. The Morgan fingerprint density at radius 1 is 1.28 bits per heavy atom. The largest absolute Gasteiger partial charge is 0.330 e. The van der Waals surface area contributed by atoms with E-state index in [9.17, 15) is 0 Å². The predicted octanol–water partition coefficient (Wildman–Crippen LogP) is 2.90. The molecule has 1 heterocycles. The van der Waals surface area contributed by atoms with Gasteiger partial charge in [-0.05, 0) is 49.8 Å². The van der Waals surface area contributed by atoms with E-state index in [2.05, 4.69) is 42.6 Å². The van der Waals surface area contributed by atoms with Crippen molar-refractivity contribution in [2.45, 2.75) is 44.6 Å². The molecule has 2 nitrogen and oxygen atoms in total. The maximum absolute atomic E-state index is 5.99. The minimum Gasteiger partial charge on any atom is -0.330 e. The first-order valence-electron chi connectivity index (χ1n) is 7.29. The van der Waals surface area contributed by atoms with Gasteiger partial charge in [0.15, 0.2) is 0 Å². The topological polar surface area (TPSA) is 38.0 Å². The molecule has 0 radical (unpaired) electrons. The lowest BCUT2D eigenvalue weighted by Crippen LogP contribution is -2.43. The molecule has 2 rings (SSSR count). The SMILES string of the molecule is C[C@H](C[C@H](CN)[C@H]1CCCCN1)c1ccccc1. The third-order valence-corrected chi connectivity index (χ3v) is 4.25. The summed E-state index contributed by atoms with van der Waals surface area (Å²) in [5.41, 5.74) is 7.43. The van der Waals surface area contributed by atoms with Crippen molar-refractivity contribution in [1.29, 1.82) is 0 Å². The third-order valence-electron chi connectivity index (χ3n) is 4.25. The van der Waals surface area contributed by atoms with Crippen LogP contribution in [-0.4, -0.2) is 19.1 Å². The number of piperidine rings is 1. The molecular weight excluding hydrogens is 220 g/mol. The Bertz CT molecular complexity index is 330. The van der Waals surface area contributed by atoms with Crippen LogP contribution in [0.2, 0.25) is 0 Å². The molecule has 3 atom stereocenters. The molecule has 0 saturated carbocycles. The maximum Gasteiger partial charge on any atom is 0.0108 e. The fourth-order valence-electron chi connectivity index (χ4n) is 3.08. The normalized spacial score (nSPS) is 23.6. The summed E-state index contributed by atoms with van der Waals surface area (Å²) < 4.78 is 0. The van der Waals surface area contributed by atoms with Crippen LogP contribution in [0.5, 0.6) is 0 Å². The minimum absolute atomic E-state index is 0.600. The van der Waals surface area contributed by atoms with Gasteiger partial charge in [0.2, 0.25) is 0 Å². The average molecular weight is 246 g/mol. The molecule has 1 saturated heterocycles. The summed E-state index contributed by atoms with van der Waals surface area (Å²) in [7, 11) is 0. The van der Waals surface area contributed by atoms with Crippen molar-refractivity contribution in [2.24, 2.45) is 11.7 Å². The number of nitrogens with two attached hydrogens (primary N) is 1. The highest BCUT2D eigenvalue weighted by Crippen LogP contribution is 2.27. The van der Waals surface area contributed by atoms with Crippen LogP contribution in [0.25, 0.3) is 0 Å². The van der Waals surface area contributed by atoms with E-state index in [1.807, 2.05) is 0 Å². The van der Waals surface area contributed by atoms with Crippen molar-refractivity contribution in [2.75, 3.05) is 13.1 Å². The van der Waals surface area contributed by atoms with Crippen molar-refractivity contribution in [1.82, 2.24) is 5.32 Å². The number of benzene rings is 1. The molecule has 1 aliphatic rings. The summed E-state index contributed by atoms with van der Waals surface area (Å²) >= 11 is 0. The molecule has 0 aliphatic carbocycles. The van der Waals surface area contributed by atoms with Gasteiger partial charge in [-0.2, -0.15) is 0 Å². The van der Waals surface area contributed by atoms with E-state index in [1.54, 1.807) is 0 Å². The first-order valence-corrected chi connectivity index (χ1v) is 7.29. The lowest BCUT2D eigenvalue weighted by Gasteiger charge is -2.32. The van der Waals surface area contributed by atoms with Crippen molar-refractivity contribution in [3.8, 4) is 0 Å². The van der Waals surface area contributed by atoms with Gasteiger partial charge in [-0.15, -0.1) is 0 Å². The van der Waals surface area contributed by atoms with Crippen LogP contribution in [0, 0.1) is 5.92 Å². The Morgan fingerprint density at radius 3 is 2.67 bits per heavy atom. The molecule has 0 aromatic heterocycles. The molecule has 1 aliphatic heterocycles. The summed E-state index contributed by atoms with van der Waals surface area (Å²) in [6.45, 7) is 4.29. The highest BCUT2D eigenvalue weighted by atomic mass is 14.9. The van der Waals surface area contributed by atoms with E-state index in [-0.39, 0.29) is 0 Å². The summed E-state index contributed by atoms with van der Waals surface area (Å²) in [5.74, 6) is 1.21. The van der Waals surface area contributed by atoms with Crippen LogP contribution in [0.15, 0.2) is 30.3 Å². The van der Waals surface area contributed by atoms with Crippen LogP contribution in [-0.2, 0) is 0 Å². The predicted molar refractivity (Wildman–Crippen MR) is 77.7 cm³/mol. The molecule has 0 spiro atoms. The molecule has 1 aromatic carbocycles. The van der Waals surface area contributed by atoms with Gasteiger partial charge in [-0.3, -0.25) is 0 Å². The molecular formula is C16H26N2. The first-order chi connectivity index (χ1) is 8.81. The molecule has 1 fully saturated rings. The lowest BCUT2D eigenvalue weighted by atomic mass is 9.83. The minimum atomic E-state index is 0.600. The Kier molecular flexibility index (Phi) is 5.21. The molecule has 0 amide bonds. The summed E-state index contributed by atoms with van der Waals surface area (Å²) in [6, 6.07) is 11.4. The van der Waals surface area contributed by atoms with Gasteiger partial charge in [0.05, 0.1) is 0 Å². The van der Waals surface area contributed by atoms with Gasteiger partial charge >= 0.3 is 0 Å². The van der Waals surface area contributed by atoms with Gasteiger partial charge in [0.1, 0.15) is 0 Å². The molecule has 100 valence electrons. The zero-order chi connectivity index (χ0) is 12.8. The molecule has 0 unspecified atom stereocenters. The quantitative estimate of drug-likeness (QED) is 0.838. The summed E-state index contributed by atoms with van der Waals surface area (Å²) in [4.78, 5) is 0. The molecule has 0 bridgehead atoms. The monoisotopic (exact) mass is 246 g/mol. The number of rotatable bonds is 5. The van der Waals surface area contributed by atoms with E-state index >= 15 is 0 Å². The summed E-state index contributed by atoms with van der Waals surface area (Å²) in [5, 5.41) is 3.65. The van der Waals surface area contributed by atoms with Crippen molar-refractivity contribution in [3.63, 3.8) is 0 Å². The Hall–Kier alpha value is -0.860. The van der Waals surface area contributed by atoms with Crippen LogP contribution in [0.3, 0.4) is 0 Å². The molecule has 3 N–H and O–H groups in total. The molecule has 1 aromatic rings. The van der Waals surface area contributed by atoms with Gasteiger partial charge in [-0.25, -0.2) is 0 Å². The Labute approximate surface area is 111 Å². The number of nitrogens with one attached hydrogen (secondary N) is 1. The second-order valence-corrected chi connectivity index (χ2v) is 5.60. The van der Waals surface area contributed by atoms with Crippen LogP contribution in [0.1, 0.15) is 44.1 Å². The van der Waals surface area contributed by atoms with Crippen LogP contribution >= 0.6 is 0 Å². The average Bonchev–Trinajstić information content (AvgIpc) is 2.46. The Balaban J connectivity index is 1.93. The van der Waals surface area contributed by atoms with E-state index in [4.69, 9.17) is 5.73 Å².